The molecule has 0 saturated heterocycles. The minimum atomic E-state index is -1.00. The number of carbonyl (C=O) groups excluding carboxylic acids is 1. The number of unbranched alkanes of at least 4 members (excludes halogenated alkanes) is 1. The number of carboxylic acid groups (broad SMARTS) is 1. The molecule has 0 bridgehead atoms. The van der Waals surface area contributed by atoms with Crippen molar-refractivity contribution >= 4 is 12.0 Å². The van der Waals surface area contributed by atoms with E-state index in [-0.39, 0.29) is 0 Å². The van der Waals surface area contributed by atoms with Gasteiger partial charge in [-0.3, -0.25) is 0 Å². The van der Waals surface area contributed by atoms with E-state index in [1.165, 1.54) is 0 Å². The minimum Gasteiger partial charge on any atom is -0.480 e. The lowest BCUT2D eigenvalue weighted by Gasteiger charge is -2.15. The van der Waals surface area contributed by atoms with Crippen molar-refractivity contribution in [3.8, 4) is 0 Å². The summed E-state index contributed by atoms with van der Waals surface area (Å²) in [6, 6.07) is -1.28. The predicted molar refractivity (Wildman–Crippen MR) is 73.1 cm³/mol. The predicted octanol–water partition coefficient (Wildman–Crippen LogP) is 1.60. The summed E-state index contributed by atoms with van der Waals surface area (Å²) in [5.41, 5.74) is 0. The van der Waals surface area contributed by atoms with Gasteiger partial charge < -0.3 is 20.5 Å². The molecule has 6 nitrogen and oxygen atoms in total. The number of ether oxygens (including phenoxy) is 1. The molecule has 0 rings (SSSR count). The Balaban J connectivity index is 3.77. The molecule has 0 heterocycles. The van der Waals surface area contributed by atoms with Crippen LogP contribution in [0.2, 0.25) is 0 Å². The molecule has 0 aliphatic carbocycles. The van der Waals surface area contributed by atoms with Gasteiger partial charge in [-0.1, -0.05) is 33.6 Å². The molecule has 0 fully saturated rings. The smallest absolute Gasteiger partial charge is 0.326 e. The number of nitrogens with one attached hydrogen (secondary N) is 2. The van der Waals surface area contributed by atoms with E-state index in [1.54, 1.807) is 0 Å². The second kappa shape index (κ2) is 10.6. The Morgan fingerprint density at radius 1 is 1.32 bits per heavy atom. The molecule has 1 atom stereocenters. The van der Waals surface area contributed by atoms with Crippen LogP contribution in [0.25, 0.3) is 0 Å². The van der Waals surface area contributed by atoms with Gasteiger partial charge in [-0.15, -0.1) is 0 Å². The summed E-state index contributed by atoms with van der Waals surface area (Å²) in [7, 11) is 0. The van der Waals surface area contributed by atoms with Crippen molar-refractivity contribution in [1.82, 2.24) is 10.6 Å². The highest BCUT2D eigenvalue weighted by atomic mass is 16.5. The zero-order chi connectivity index (χ0) is 14.7. The highest BCUT2D eigenvalue weighted by Crippen LogP contribution is 2.00. The third-order valence-electron chi connectivity index (χ3n) is 2.43. The Bertz CT molecular complexity index is 269. The van der Waals surface area contributed by atoms with Gasteiger partial charge in [0.1, 0.15) is 6.04 Å². The van der Waals surface area contributed by atoms with Crippen molar-refractivity contribution in [3.05, 3.63) is 0 Å². The van der Waals surface area contributed by atoms with E-state index in [4.69, 9.17) is 9.84 Å². The molecule has 0 aromatic carbocycles. The summed E-state index contributed by atoms with van der Waals surface area (Å²) in [4.78, 5) is 22.4. The lowest BCUT2D eigenvalue weighted by atomic mass is 10.1. The summed E-state index contributed by atoms with van der Waals surface area (Å²) in [6.45, 7) is 7.52. The fourth-order valence-electron chi connectivity index (χ4n) is 1.43. The van der Waals surface area contributed by atoms with E-state index in [2.05, 4.69) is 10.6 Å². The van der Waals surface area contributed by atoms with Crippen LogP contribution in [0.4, 0.5) is 4.79 Å². The van der Waals surface area contributed by atoms with Crippen molar-refractivity contribution in [1.29, 1.82) is 0 Å². The zero-order valence-electron chi connectivity index (χ0n) is 12.1. The van der Waals surface area contributed by atoms with Gasteiger partial charge in [-0.25, -0.2) is 9.59 Å². The summed E-state index contributed by atoms with van der Waals surface area (Å²) in [5.74, 6) is -0.543. The number of carboxylic acids is 1. The van der Waals surface area contributed by atoms with E-state index in [9.17, 15) is 9.59 Å². The lowest BCUT2D eigenvalue weighted by molar-refractivity contribution is -0.139. The number of aliphatic carboxylic acids is 1. The van der Waals surface area contributed by atoms with Gasteiger partial charge in [0, 0.05) is 13.2 Å². The van der Waals surface area contributed by atoms with Crippen molar-refractivity contribution in [2.75, 3.05) is 19.8 Å². The normalized spacial score (nSPS) is 12.2. The van der Waals surface area contributed by atoms with Crippen LogP contribution in [0, 0.1) is 5.92 Å². The number of amides is 2. The monoisotopic (exact) mass is 274 g/mol. The Kier molecular flexibility index (Phi) is 9.88. The first kappa shape index (κ1) is 17.7. The highest BCUT2D eigenvalue weighted by Gasteiger charge is 2.18. The van der Waals surface area contributed by atoms with E-state index >= 15 is 0 Å². The first-order valence-electron chi connectivity index (χ1n) is 6.82. The van der Waals surface area contributed by atoms with Crippen LogP contribution in [0.5, 0.6) is 0 Å². The molecule has 0 saturated carbocycles. The molecule has 0 aromatic rings. The summed E-state index contributed by atoms with van der Waals surface area (Å²) < 4.78 is 5.30. The number of rotatable bonds is 10. The fraction of sp³-hybridized carbons (Fsp3) is 0.846. The van der Waals surface area contributed by atoms with Crippen LogP contribution in [0.3, 0.4) is 0 Å². The average Bonchev–Trinajstić information content (AvgIpc) is 2.33. The first-order valence-corrected chi connectivity index (χ1v) is 6.82. The maximum absolute atomic E-state index is 11.5. The largest absolute Gasteiger partial charge is 0.480 e. The highest BCUT2D eigenvalue weighted by molar-refractivity contribution is 5.82. The van der Waals surface area contributed by atoms with E-state index in [0.29, 0.717) is 32.1 Å². The van der Waals surface area contributed by atoms with Crippen molar-refractivity contribution < 1.29 is 19.4 Å². The molecular weight excluding hydrogens is 248 g/mol. The number of hydrogen-bond acceptors (Lipinski definition) is 3. The van der Waals surface area contributed by atoms with Crippen LogP contribution in [0.15, 0.2) is 0 Å². The zero-order valence-corrected chi connectivity index (χ0v) is 12.1. The van der Waals surface area contributed by atoms with Crippen molar-refractivity contribution in [3.63, 3.8) is 0 Å². The van der Waals surface area contributed by atoms with Gasteiger partial charge in [0.05, 0.1) is 6.61 Å². The molecule has 6 heteroatoms. The van der Waals surface area contributed by atoms with Gasteiger partial charge in [-0.2, -0.15) is 0 Å². The van der Waals surface area contributed by atoms with Crippen LogP contribution in [-0.2, 0) is 9.53 Å². The van der Waals surface area contributed by atoms with Crippen molar-refractivity contribution in [2.45, 2.75) is 46.1 Å². The van der Waals surface area contributed by atoms with Crippen LogP contribution < -0.4 is 10.6 Å². The molecule has 3 N–H and O–H groups in total. The Morgan fingerprint density at radius 3 is 2.53 bits per heavy atom. The molecule has 2 amide bonds. The van der Waals surface area contributed by atoms with E-state index in [1.807, 2.05) is 20.8 Å². The van der Waals surface area contributed by atoms with Gasteiger partial charge in [-0.05, 0) is 12.3 Å². The molecule has 0 spiro atoms. The molecule has 0 aliphatic heterocycles. The van der Waals surface area contributed by atoms with Crippen LogP contribution >= 0.6 is 0 Å². The third-order valence-corrected chi connectivity index (χ3v) is 2.43. The Morgan fingerprint density at radius 2 is 2.00 bits per heavy atom. The molecule has 19 heavy (non-hydrogen) atoms. The molecule has 1 unspecified atom stereocenters. The van der Waals surface area contributed by atoms with E-state index in [0.717, 1.165) is 12.8 Å². The Labute approximate surface area is 114 Å². The Hall–Kier alpha value is -1.30. The number of hydrogen-bond donors (Lipinski definition) is 3. The molecule has 112 valence electrons. The second-order valence-electron chi connectivity index (χ2n) is 4.90. The number of carbonyl (C=O) groups is 2. The minimum absolute atomic E-state index is 0.374. The van der Waals surface area contributed by atoms with E-state index < -0.39 is 18.0 Å². The first-order chi connectivity index (χ1) is 8.97. The van der Waals surface area contributed by atoms with Gasteiger partial charge in [0.25, 0.3) is 0 Å². The molecule has 0 radical (unpaired) electrons. The van der Waals surface area contributed by atoms with Gasteiger partial charge >= 0.3 is 12.0 Å². The van der Waals surface area contributed by atoms with Gasteiger partial charge in [0.15, 0.2) is 0 Å². The maximum Gasteiger partial charge on any atom is 0.326 e. The fourth-order valence-corrected chi connectivity index (χ4v) is 1.43. The topological polar surface area (TPSA) is 87.7 Å². The molecular formula is C13H26N2O4. The standard InChI is InChI=1S/C13H26N2O4/c1-4-5-6-11(12(16)17)15-13(18)14-7-8-19-9-10(2)3/h10-11H,4-9H2,1-3H3,(H,16,17)(H2,14,15,18). The third kappa shape index (κ3) is 10.3. The summed E-state index contributed by atoms with van der Waals surface area (Å²) in [5, 5.41) is 14.0. The second-order valence-corrected chi connectivity index (χ2v) is 4.90. The summed E-state index contributed by atoms with van der Waals surface area (Å²) in [6.07, 6.45) is 2.12. The van der Waals surface area contributed by atoms with Gasteiger partial charge in [0.2, 0.25) is 0 Å². The molecule has 0 aliphatic rings. The van der Waals surface area contributed by atoms with Crippen LogP contribution in [-0.4, -0.2) is 42.9 Å². The average molecular weight is 274 g/mol. The SMILES string of the molecule is CCCCC(NC(=O)NCCOCC(C)C)C(=O)O. The summed E-state index contributed by atoms with van der Waals surface area (Å²) >= 11 is 0. The lowest BCUT2D eigenvalue weighted by Crippen LogP contribution is -2.46. The quantitative estimate of drug-likeness (QED) is 0.528. The van der Waals surface area contributed by atoms with Crippen molar-refractivity contribution in [2.24, 2.45) is 5.92 Å². The molecule has 0 aromatic heterocycles. The van der Waals surface area contributed by atoms with Crippen LogP contribution in [0.1, 0.15) is 40.0 Å². The number of urea groups is 1. The maximum atomic E-state index is 11.5.